The summed E-state index contributed by atoms with van der Waals surface area (Å²) in [4.78, 5) is 24.8. The lowest BCUT2D eigenvalue weighted by Crippen LogP contribution is -2.48. The number of carbonyl (C=O) groups excluding carboxylic acids is 2. The van der Waals surface area contributed by atoms with Gasteiger partial charge in [0.1, 0.15) is 22.5 Å². The molecule has 2 N–H and O–H groups in total. The van der Waals surface area contributed by atoms with Crippen LogP contribution in [0.3, 0.4) is 0 Å². The molecule has 0 aromatic heterocycles. The molecule has 0 spiro atoms. The van der Waals surface area contributed by atoms with Crippen LogP contribution in [0.25, 0.3) is 0 Å². The number of rotatable bonds is 7. The monoisotopic (exact) mass is 440 g/mol. The third-order valence-electron chi connectivity index (χ3n) is 3.70. The third kappa shape index (κ3) is 7.27. The van der Waals surface area contributed by atoms with Gasteiger partial charge in [-0.15, -0.1) is 0 Å². The van der Waals surface area contributed by atoms with Crippen LogP contribution < -0.4 is 10.6 Å². The van der Waals surface area contributed by atoms with Crippen molar-refractivity contribution in [3.8, 4) is 0 Å². The first-order valence-corrected chi connectivity index (χ1v) is 9.50. The van der Waals surface area contributed by atoms with E-state index in [0.717, 1.165) is 17.7 Å². The Labute approximate surface area is 178 Å². The number of hydrogen-bond donors (Lipinski definition) is 2. The molecule has 2 aromatic rings. The van der Waals surface area contributed by atoms with Crippen LogP contribution in [0.5, 0.6) is 0 Å². The summed E-state index contributed by atoms with van der Waals surface area (Å²) in [5, 5.41) is 3.93. The number of hydrogen-bond acceptors (Lipinski definition) is 4. The Morgan fingerprint density at radius 3 is 2.40 bits per heavy atom. The molecular formula is C21H23ClF2N2O4. The van der Waals surface area contributed by atoms with Crippen molar-refractivity contribution in [3.63, 3.8) is 0 Å². The summed E-state index contributed by atoms with van der Waals surface area (Å²) in [6.45, 7) is 4.99. The van der Waals surface area contributed by atoms with Crippen LogP contribution in [0, 0.1) is 11.6 Å². The summed E-state index contributed by atoms with van der Waals surface area (Å²) in [5.74, 6) is -2.86. The van der Waals surface area contributed by atoms with Gasteiger partial charge in [-0.2, -0.15) is 0 Å². The van der Waals surface area contributed by atoms with Gasteiger partial charge >= 0.3 is 6.09 Å². The number of ether oxygens (including phenoxy) is 2. The number of anilines is 1. The lowest BCUT2D eigenvalue weighted by atomic mass is 10.2. The molecule has 0 heterocycles. The minimum atomic E-state index is -1.20. The van der Waals surface area contributed by atoms with Crippen molar-refractivity contribution in [1.29, 1.82) is 0 Å². The molecule has 0 aliphatic rings. The molecule has 0 saturated carbocycles. The quantitative estimate of drug-likeness (QED) is 0.613. The van der Waals surface area contributed by atoms with E-state index in [1.54, 1.807) is 20.8 Å². The minimum absolute atomic E-state index is 0.192. The van der Waals surface area contributed by atoms with E-state index in [1.807, 2.05) is 30.3 Å². The van der Waals surface area contributed by atoms with Gasteiger partial charge in [0.25, 0.3) is 0 Å². The van der Waals surface area contributed by atoms with E-state index in [4.69, 9.17) is 21.1 Å². The van der Waals surface area contributed by atoms with Crippen LogP contribution in [0.15, 0.2) is 42.5 Å². The van der Waals surface area contributed by atoms with Crippen molar-refractivity contribution < 1.29 is 27.8 Å². The number of carbonyl (C=O) groups is 2. The molecule has 0 unspecified atom stereocenters. The van der Waals surface area contributed by atoms with Gasteiger partial charge in [0.05, 0.1) is 18.9 Å². The van der Waals surface area contributed by atoms with E-state index in [-0.39, 0.29) is 18.9 Å². The molecule has 2 rings (SSSR count). The second-order valence-electron chi connectivity index (χ2n) is 7.41. The second kappa shape index (κ2) is 10.4. The fourth-order valence-corrected chi connectivity index (χ4v) is 2.51. The first-order valence-electron chi connectivity index (χ1n) is 9.12. The van der Waals surface area contributed by atoms with Crippen molar-refractivity contribution >= 4 is 29.3 Å². The molecule has 162 valence electrons. The van der Waals surface area contributed by atoms with E-state index in [1.165, 1.54) is 0 Å². The summed E-state index contributed by atoms with van der Waals surface area (Å²) in [6.07, 6.45) is -0.844. The van der Waals surface area contributed by atoms with Gasteiger partial charge in [0.15, 0.2) is 5.82 Å². The van der Waals surface area contributed by atoms with Gasteiger partial charge in [-0.25, -0.2) is 13.6 Å². The number of benzene rings is 2. The Hall–Kier alpha value is -2.71. The van der Waals surface area contributed by atoms with Crippen molar-refractivity contribution in [2.24, 2.45) is 0 Å². The Morgan fingerprint density at radius 2 is 1.77 bits per heavy atom. The van der Waals surface area contributed by atoms with E-state index in [9.17, 15) is 18.4 Å². The fraction of sp³-hybridized carbons (Fsp3) is 0.333. The summed E-state index contributed by atoms with van der Waals surface area (Å²) < 4.78 is 38.1. The van der Waals surface area contributed by atoms with Gasteiger partial charge in [-0.05, 0) is 38.5 Å². The second-order valence-corrected chi connectivity index (χ2v) is 7.79. The summed E-state index contributed by atoms with van der Waals surface area (Å²) in [5.41, 5.74) is -0.247. The average molecular weight is 441 g/mol. The molecule has 0 bridgehead atoms. The SMILES string of the molecule is CC(C)(C)OC(=O)N[C@@H](COCc1ccccc1)C(=O)Nc1ccc(F)c(Cl)c1F. The predicted molar refractivity (Wildman–Crippen MR) is 109 cm³/mol. The molecule has 0 radical (unpaired) electrons. The van der Waals surface area contributed by atoms with Gasteiger partial charge in [0.2, 0.25) is 5.91 Å². The van der Waals surface area contributed by atoms with Crippen LogP contribution in [-0.4, -0.2) is 30.3 Å². The summed E-state index contributed by atoms with van der Waals surface area (Å²) in [7, 11) is 0. The van der Waals surface area contributed by atoms with Crippen LogP contribution in [0.2, 0.25) is 5.02 Å². The van der Waals surface area contributed by atoms with E-state index < -0.39 is 40.3 Å². The highest BCUT2D eigenvalue weighted by Crippen LogP contribution is 2.25. The zero-order valence-electron chi connectivity index (χ0n) is 16.8. The van der Waals surface area contributed by atoms with Crippen molar-refractivity contribution in [3.05, 3.63) is 64.7 Å². The number of amides is 2. The Balaban J connectivity index is 2.09. The molecule has 0 aliphatic carbocycles. The summed E-state index contributed by atoms with van der Waals surface area (Å²) in [6, 6.07) is 9.95. The minimum Gasteiger partial charge on any atom is -0.444 e. The normalized spacial score (nSPS) is 12.2. The molecule has 30 heavy (non-hydrogen) atoms. The molecule has 1 atom stereocenters. The van der Waals surface area contributed by atoms with Crippen LogP contribution in [0.1, 0.15) is 26.3 Å². The molecule has 0 aliphatic heterocycles. The van der Waals surface area contributed by atoms with E-state index >= 15 is 0 Å². The molecular weight excluding hydrogens is 418 g/mol. The first-order chi connectivity index (χ1) is 14.1. The fourth-order valence-electron chi connectivity index (χ4n) is 2.34. The zero-order valence-corrected chi connectivity index (χ0v) is 17.6. The molecule has 9 heteroatoms. The molecule has 0 fully saturated rings. The Morgan fingerprint density at radius 1 is 1.10 bits per heavy atom. The van der Waals surface area contributed by atoms with Crippen LogP contribution in [-0.2, 0) is 20.9 Å². The first kappa shape index (κ1) is 23.6. The molecule has 6 nitrogen and oxygen atoms in total. The lowest BCUT2D eigenvalue weighted by Gasteiger charge is -2.23. The topological polar surface area (TPSA) is 76.7 Å². The summed E-state index contributed by atoms with van der Waals surface area (Å²) >= 11 is 5.54. The van der Waals surface area contributed by atoms with Crippen molar-refractivity contribution in [2.45, 2.75) is 39.0 Å². The van der Waals surface area contributed by atoms with Gasteiger partial charge in [0, 0.05) is 0 Å². The predicted octanol–water partition coefficient (Wildman–Crippen LogP) is 4.67. The van der Waals surface area contributed by atoms with Gasteiger partial charge in [-0.3, -0.25) is 4.79 Å². The standard InChI is InChI=1S/C21H23ClF2N2O4/c1-21(2,3)30-20(28)26-16(12-29-11-13-7-5-4-6-8-13)19(27)25-15-10-9-14(23)17(22)18(15)24/h4-10,16H,11-12H2,1-3H3,(H,25,27)(H,26,28)/t16-/m0/s1. The van der Waals surface area contributed by atoms with E-state index in [2.05, 4.69) is 10.6 Å². The zero-order chi connectivity index (χ0) is 22.3. The number of nitrogens with one attached hydrogen (secondary N) is 2. The van der Waals surface area contributed by atoms with Crippen LogP contribution in [0.4, 0.5) is 19.3 Å². The maximum absolute atomic E-state index is 14.1. The molecule has 0 saturated heterocycles. The van der Waals surface area contributed by atoms with Crippen molar-refractivity contribution in [1.82, 2.24) is 5.32 Å². The van der Waals surface area contributed by atoms with Gasteiger partial charge in [-0.1, -0.05) is 41.9 Å². The van der Waals surface area contributed by atoms with E-state index in [0.29, 0.717) is 0 Å². The Kier molecular flexibility index (Phi) is 8.14. The maximum Gasteiger partial charge on any atom is 0.408 e. The smallest absolute Gasteiger partial charge is 0.408 e. The Bertz CT molecular complexity index is 889. The van der Waals surface area contributed by atoms with Crippen molar-refractivity contribution in [2.75, 3.05) is 11.9 Å². The number of halogens is 3. The molecule has 2 aromatic carbocycles. The lowest BCUT2D eigenvalue weighted by molar-refractivity contribution is -0.119. The molecule has 2 amide bonds. The highest BCUT2D eigenvalue weighted by molar-refractivity contribution is 6.31. The largest absolute Gasteiger partial charge is 0.444 e. The maximum atomic E-state index is 14.1. The highest BCUT2D eigenvalue weighted by atomic mass is 35.5. The van der Waals surface area contributed by atoms with Crippen LogP contribution >= 0.6 is 11.6 Å². The number of alkyl carbamates (subject to hydrolysis) is 1. The highest BCUT2D eigenvalue weighted by Gasteiger charge is 2.26. The van der Waals surface area contributed by atoms with Gasteiger partial charge < -0.3 is 20.1 Å². The third-order valence-corrected chi connectivity index (χ3v) is 4.04. The average Bonchev–Trinajstić information content (AvgIpc) is 2.67.